The summed E-state index contributed by atoms with van der Waals surface area (Å²) in [5.74, 6) is 0.464. The van der Waals surface area contributed by atoms with Crippen LogP contribution in [-0.2, 0) is 16.1 Å². The highest BCUT2D eigenvalue weighted by molar-refractivity contribution is 5.78. The van der Waals surface area contributed by atoms with Gasteiger partial charge in [-0.05, 0) is 32.6 Å². The van der Waals surface area contributed by atoms with Crippen molar-refractivity contribution in [1.82, 2.24) is 19.8 Å². The molecule has 0 N–H and O–H groups in total. The fourth-order valence-corrected chi connectivity index (χ4v) is 4.18. The summed E-state index contributed by atoms with van der Waals surface area (Å²) >= 11 is 0. The maximum absolute atomic E-state index is 12.5. The van der Waals surface area contributed by atoms with E-state index in [1.165, 1.54) is 0 Å². The van der Waals surface area contributed by atoms with Crippen molar-refractivity contribution in [3.05, 3.63) is 23.8 Å². The van der Waals surface area contributed by atoms with Crippen LogP contribution in [0.15, 0.2) is 12.4 Å². The number of rotatable bonds is 5. The molecule has 0 aromatic carbocycles. The predicted molar refractivity (Wildman–Crippen MR) is 99.2 cm³/mol. The summed E-state index contributed by atoms with van der Waals surface area (Å²) in [5.41, 5.74) is 1.75. The highest BCUT2D eigenvalue weighted by Crippen LogP contribution is 2.39. The number of amides is 2. The Kier molecular flexibility index (Phi) is 5.89. The average Bonchev–Trinajstić information content (AvgIpc) is 2.65. The van der Waals surface area contributed by atoms with Crippen LogP contribution in [0.2, 0.25) is 0 Å². The molecule has 2 aliphatic rings. The Morgan fingerprint density at radius 1 is 1.23 bits per heavy atom. The minimum Gasteiger partial charge on any atom is -0.342 e. The van der Waals surface area contributed by atoms with E-state index in [4.69, 9.17) is 0 Å². The second-order valence-corrected chi connectivity index (χ2v) is 7.92. The predicted octanol–water partition coefficient (Wildman–Crippen LogP) is 2.71. The SMILES string of the molecule is CCCCC(=O)N1CCCC2(CCC(=O)N(Cc3cnc(C)cn3)C2)C1. The quantitative estimate of drug-likeness (QED) is 0.812. The molecular weight excluding hydrogens is 328 g/mol. The van der Waals surface area contributed by atoms with Crippen LogP contribution in [0.5, 0.6) is 0 Å². The number of hydrogen-bond acceptors (Lipinski definition) is 4. The van der Waals surface area contributed by atoms with Crippen molar-refractivity contribution in [3.8, 4) is 0 Å². The van der Waals surface area contributed by atoms with Crippen LogP contribution in [0.4, 0.5) is 0 Å². The summed E-state index contributed by atoms with van der Waals surface area (Å²) < 4.78 is 0. The van der Waals surface area contributed by atoms with E-state index in [2.05, 4.69) is 16.9 Å². The molecule has 142 valence electrons. The second kappa shape index (κ2) is 8.14. The monoisotopic (exact) mass is 358 g/mol. The molecule has 0 saturated carbocycles. The molecule has 1 aromatic rings. The lowest BCUT2D eigenvalue weighted by molar-refractivity contribution is -0.143. The maximum atomic E-state index is 12.5. The number of aromatic nitrogens is 2. The van der Waals surface area contributed by atoms with Gasteiger partial charge in [-0.2, -0.15) is 0 Å². The van der Waals surface area contributed by atoms with Crippen molar-refractivity contribution in [2.45, 2.75) is 65.3 Å². The maximum Gasteiger partial charge on any atom is 0.222 e. The molecule has 6 nitrogen and oxygen atoms in total. The van der Waals surface area contributed by atoms with E-state index in [0.717, 1.165) is 63.1 Å². The zero-order valence-electron chi connectivity index (χ0n) is 16.0. The van der Waals surface area contributed by atoms with Crippen LogP contribution in [0.3, 0.4) is 0 Å². The van der Waals surface area contributed by atoms with Gasteiger partial charge >= 0.3 is 0 Å². The third-order valence-electron chi connectivity index (χ3n) is 5.69. The van der Waals surface area contributed by atoms with E-state index in [1.807, 2.05) is 16.7 Å². The fourth-order valence-electron chi connectivity index (χ4n) is 4.18. The Bertz CT molecular complexity index is 646. The van der Waals surface area contributed by atoms with Crippen LogP contribution < -0.4 is 0 Å². The summed E-state index contributed by atoms with van der Waals surface area (Å²) in [6.07, 6.45) is 9.73. The van der Waals surface area contributed by atoms with Gasteiger partial charge in [-0.3, -0.25) is 19.6 Å². The lowest BCUT2D eigenvalue weighted by Gasteiger charge is -2.48. The Morgan fingerprint density at radius 2 is 2.08 bits per heavy atom. The Morgan fingerprint density at radius 3 is 2.81 bits per heavy atom. The number of nitrogens with zero attached hydrogens (tertiary/aromatic N) is 4. The largest absolute Gasteiger partial charge is 0.342 e. The molecule has 3 rings (SSSR count). The topological polar surface area (TPSA) is 66.4 Å². The smallest absolute Gasteiger partial charge is 0.222 e. The van der Waals surface area contributed by atoms with Crippen molar-refractivity contribution in [1.29, 1.82) is 0 Å². The van der Waals surface area contributed by atoms with E-state index in [-0.39, 0.29) is 17.2 Å². The molecule has 2 aliphatic heterocycles. The molecule has 0 aliphatic carbocycles. The number of piperidine rings is 2. The highest BCUT2D eigenvalue weighted by atomic mass is 16.2. The van der Waals surface area contributed by atoms with Gasteiger partial charge in [0, 0.05) is 44.1 Å². The van der Waals surface area contributed by atoms with Gasteiger partial charge in [0.15, 0.2) is 0 Å². The van der Waals surface area contributed by atoms with Gasteiger partial charge in [0.1, 0.15) is 0 Å². The van der Waals surface area contributed by atoms with Crippen LogP contribution in [0, 0.1) is 12.3 Å². The lowest BCUT2D eigenvalue weighted by Crippen LogP contribution is -2.54. The van der Waals surface area contributed by atoms with Gasteiger partial charge in [0.25, 0.3) is 0 Å². The van der Waals surface area contributed by atoms with Crippen molar-refractivity contribution in [2.75, 3.05) is 19.6 Å². The number of aryl methyl sites for hydroxylation is 1. The molecule has 2 saturated heterocycles. The Hall–Kier alpha value is -1.98. The first-order chi connectivity index (χ1) is 12.5. The summed E-state index contributed by atoms with van der Waals surface area (Å²) in [4.78, 5) is 37.6. The minimum atomic E-state index is 0.0478. The second-order valence-electron chi connectivity index (χ2n) is 7.92. The molecule has 3 heterocycles. The summed E-state index contributed by atoms with van der Waals surface area (Å²) in [6, 6.07) is 0. The molecule has 6 heteroatoms. The van der Waals surface area contributed by atoms with E-state index < -0.39 is 0 Å². The van der Waals surface area contributed by atoms with Crippen LogP contribution in [0.1, 0.15) is 63.3 Å². The zero-order valence-corrected chi connectivity index (χ0v) is 16.0. The third-order valence-corrected chi connectivity index (χ3v) is 5.69. The van der Waals surface area contributed by atoms with Crippen molar-refractivity contribution >= 4 is 11.8 Å². The van der Waals surface area contributed by atoms with E-state index in [1.54, 1.807) is 12.4 Å². The molecule has 2 amide bonds. The van der Waals surface area contributed by atoms with Gasteiger partial charge in [0.2, 0.25) is 11.8 Å². The first kappa shape index (κ1) is 18.8. The number of carbonyl (C=O) groups excluding carboxylic acids is 2. The normalized spacial score (nSPS) is 23.5. The van der Waals surface area contributed by atoms with Gasteiger partial charge in [-0.1, -0.05) is 13.3 Å². The Balaban J connectivity index is 1.66. The minimum absolute atomic E-state index is 0.0478. The van der Waals surface area contributed by atoms with E-state index in [9.17, 15) is 9.59 Å². The number of likely N-dealkylation sites (tertiary alicyclic amines) is 2. The molecule has 1 atom stereocenters. The van der Waals surface area contributed by atoms with E-state index in [0.29, 0.717) is 19.4 Å². The molecular formula is C20H30N4O2. The zero-order chi connectivity index (χ0) is 18.6. The first-order valence-electron chi connectivity index (χ1n) is 9.84. The summed E-state index contributed by atoms with van der Waals surface area (Å²) in [5, 5.41) is 0. The lowest BCUT2D eigenvalue weighted by atomic mass is 9.73. The van der Waals surface area contributed by atoms with Crippen molar-refractivity contribution in [3.63, 3.8) is 0 Å². The van der Waals surface area contributed by atoms with E-state index >= 15 is 0 Å². The summed E-state index contributed by atoms with van der Waals surface area (Å²) in [7, 11) is 0. The average molecular weight is 358 g/mol. The van der Waals surface area contributed by atoms with Gasteiger partial charge in [-0.15, -0.1) is 0 Å². The highest BCUT2D eigenvalue weighted by Gasteiger charge is 2.42. The van der Waals surface area contributed by atoms with Gasteiger partial charge in [0.05, 0.1) is 24.1 Å². The molecule has 2 fully saturated rings. The number of carbonyl (C=O) groups is 2. The third kappa shape index (κ3) is 4.40. The standard InChI is InChI=1S/C20H30N4O2/c1-3-4-6-18(25)23-10-5-8-20(14-23)9-7-19(26)24(15-20)13-17-12-21-16(2)11-22-17/h11-12H,3-10,13-15H2,1-2H3. The van der Waals surface area contributed by atoms with Crippen molar-refractivity contribution in [2.24, 2.45) is 5.41 Å². The van der Waals surface area contributed by atoms with Gasteiger partial charge < -0.3 is 9.80 Å². The molecule has 0 bridgehead atoms. The van der Waals surface area contributed by atoms with Gasteiger partial charge in [-0.25, -0.2) is 0 Å². The molecule has 1 spiro atoms. The first-order valence-corrected chi connectivity index (χ1v) is 9.84. The molecule has 1 aromatic heterocycles. The fraction of sp³-hybridized carbons (Fsp3) is 0.700. The summed E-state index contributed by atoms with van der Waals surface area (Å²) in [6.45, 7) is 6.91. The van der Waals surface area contributed by atoms with Crippen LogP contribution in [-0.4, -0.2) is 51.2 Å². The molecule has 26 heavy (non-hydrogen) atoms. The van der Waals surface area contributed by atoms with Crippen molar-refractivity contribution < 1.29 is 9.59 Å². The number of hydrogen-bond donors (Lipinski definition) is 0. The van der Waals surface area contributed by atoms with Crippen LogP contribution in [0.25, 0.3) is 0 Å². The van der Waals surface area contributed by atoms with Crippen LogP contribution >= 0.6 is 0 Å². The number of unbranched alkanes of at least 4 members (excludes halogenated alkanes) is 1. The Labute approximate surface area is 156 Å². The molecule has 1 unspecified atom stereocenters. The molecule has 0 radical (unpaired) electrons.